The van der Waals surface area contributed by atoms with Crippen molar-refractivity contribution >= 4 is 5.91 Å². The van der Waals surface area contributed by atoms with Gasteiger partial charge in [-0.05, 0) is 38.3 Å². The Morgan fingerprint density at radius 2 is 2.26 bits per heavy atom. The van der Waals surface area contributed by atoms with Gasteiger partial charge in [-0.1, -0.05) is 0 Å². The van der Waals surface area contributed by atoms with E-state index in [2.05, 4.69) is 0 Å². The van der Waals surface area contributed by atoms with Crippen LogP contribution in [-0.2, 0) is 7.05 Å². The van der Waals surface area contributed by atoms with E-state index in [9.17, 15) is 9.59 Å². The Labute approximate surface area is 113 Å². The van der Waals surface area contributed by atoms with Crippen LogP contribution >= 0.6 is 0 Å². The zero-order chi connectivity index (χ0) is 13.8. The molecule has 19 heavy (non-hydrogen) atoms. The number of pyridine rings is 1. The van der Waals surface area contributed by atoms with Crippen molar-refractivity contribution in [3.8, 4) is 0 Å². The van der Waals surface area contributed by atoms with Gasteiger partial charge in [-0.3, -0.25) is 9.59 Å². The van der Waals surface area contributed by atoms with E-state index in [1.807, 2.05) is 4.90 Å². The molecule has 5 heteroatoms. The van der Waals surface area contributed by atoms with Crippen molar-refractivity contribution in [3.05, 3.63) is 34.2 Å². The fourth-order valence-electron chi connectivity index (χ4n) is 2.26. The van der Waals surface area contributed by atoms with Gasteiger partial charge in [-0.15, -0.1) is 0 Å². The van der Waals surface area contributed by atoms with Crippen LogP contribution in [0.4, 0.5) is 0 Å². The van der Waals surface area contributed by atoms with E-state index in [0.29, 0.717) is 24.7 Å². The maximum Gasteiger partial charge on any atom is 0.254 e. The van der Waals surface area contributed by atoms with Crippen molar-refractivity contribution in [2.45, 2.75) is 31.7 Å². The number of nitrogens with zero attached hydrogens (tertiary/aromatic N) is 2. The topological polar surface area (TPSA) is 68.3 Å². The van der Waals surface area contributed by atoms with E-state index in [0.717, 1.165) is 19.3 Å². The van der Waals surface area contributed by atoms with Gasteiger partial charge in [0.15, 0.2) is 0 Å². The summed E-state index contributed by atoms with van der Waals surface area (Å²) in [5, 5.41) is 0. The molecule has 104 valence electrons. The molecule has 0 radical (unpaired) electrons. The molecule has 0 unspecified atom stereocenters. The van der Waals surface area contributed by atoms with Crippen LogP contribution < -0.4 is 11.3 Å². The van der Waals surface area contributed by atoms with Crippen molar-refractivity contribution in [2.75, 3.05) is 13.1 Å². The van der Waals surface area contributed by atoms with Gasteiger partial charge in [0.05, 0.1) is 0 Å². The van der Waals surface area contributed by atoms with Crippen molar-refractivity contribution in [2.24, 2.45) is 12.8 Å². The number of aromatic nitrogens is 1. The minimum Gasteiger partial charge on any atom is -0.336 e. The van der Waals surface area contributed by atoms with Gasteiger partial charge in [0, 0.05) is 37.5 Å². The molecular formula is C14H21N3O2. The van der Waals surface area contributed by atoms with Crippen LogP contribution in [0, 0.1) is 0 Å². The molecule has 0 aromatic carbocycles. The first-order valence-corrected chi connectivity index (χ1v) is 6.81. The van der Waals surface area contributed by atoms with Gasteiger partial charge in [0.25, 0.3) is 11.5 Å². The lowest BCUT2D eigenvalue weighted by molar-refractivity contribution is 0.0578. The summed E-state index contributed by atoms with van der Waals surface area (Å²) in [5.41, 5.74) is 5.85. The number of rotatable bonds is 5. The van der Waals surface area contributed by atoms with E-state index in [1.165, 1.54) is 17.1 Å². The van der Waals surface area contributed by atoms with E-state index in [1.54, 1.807) is 19.3 Å². The third-order valence-electron chi connectivity index (χ3n) is 3.73. The smallest absolute Gasteiger partial charge is 0.254 e. The molecule has 0 spiro atoms. The van der Waals surface area contributed by atoms with Crippen LogP contribution in [0.2, 0.25) is 0 Å². The molecule has 1 aromatic rings. The van der Waals surface area contributed by atoms with Crippen LogP contribution in [0.1, 0.15) is 36.0 Å². The highest BCUT2D eigenvalue weighted by Gasteiger charge is 2.29. The summed E-state index contributed by atoms with van der Waals surface area (Å²) in [6.07, 6.45) is 5.72. The van der Waals surface area contributed by atoms with Gasteiger partial charge in [-0.25, -0.2) is 0 Å². The number of hydrogen-bond donors (Lipinski definition) is 1. The molecule has 1 aliphatic carbocycles. The molecule has 1 aromatic heterocycles. The van der Waals surface area contributed by atoms with Crippen molar-refractivity contribution < 1.29 is 4.79 Å². The van der Waals surface area contributed by atoms with Crippen LogP contribution in [0.15, 0.2) is 23.1 Å². The molecule has 1 aliphatic rings. The maximum absolute atomic E-state index is 12.5. The van der Waals surface area contributed by atoms with Crippen molar-refractivity contribution in [3.63, 3.8) is 0 Å². The summed E-state index contributed by atoms with van der Waals surface area (Å²) >= 11 is 0. The zero-order valence-corrected chi connectivity index (χ0v) is 11.3. The Balaban J connectivity index is 2.17. The standard InChI is InChI=1S/C14H21N3O2/c1-16-9-6-11(10-13(16)18)14(19)17(8-3-7-15)12-4-2-5-12/h6,9-10,12H,2-5,7-8,15H2,1H3. The van der Waals surface area contributed by atoms with E-state index in [-0.39, 0.29) is 11.5 Å². The largest absolute Gasteiger partial charge is 0.336 e. The SMILES string of the molecule is Cn1ccc(C(=O)N(CCCN)C2CCC2)cc1=O. The summed E-state index contributed by atoms with van der Waals surface area (Å²) in [6, 6.07) is 3.44. The third kappa shape index (κ3) is 3.04. The normalized spacial score (nSPS) is 15.1. The van der Waals surface area contributed by atoms with Gasteiger partial charge in [0.1, 0.15) is 0 Å². The molecule has 1 saturated carbocycles. The average molecular weight is 263 g/mol. The van der Waals surface area contributed by atoms with Crippen molar-refractivity contribution in [1.29, 1.82) is 0 Å². The molecule has 1 heterocycles. The summed E-state index contributed by atoms with van der Waals surface area (Å²) in [4.78, 5) is 26.0. The highest BCUT2D eigenvalue weighted by molar-refractivity contribution is 5.94. The third-order valence-corrected chi connectivity index (χ3v) is 3.73. The van der Waals surface area contributed by atoms with E-state index < -0.39 is 0 Å². The van der Waals surface area contributed by atoms with E-state index >= 15 is 0 Å². The summed E-state index contributed by atoms with van der Waals surface area (Å²) in [7, 11) is 1.68. The minimum atomic E-state index is -0.154. The molecule has 1 amide bonds. The lowest BCUT2D eigenvalue weighted by Gasteiger charge is -2.37. The molecule has 0 aliphatic heterocycles. The second-order valence-corrected chi connectivity index (χ2v) is 5.09. The first kappa shape index (κ1) is 13.8. The number of carbonyl (C=O) groups excluding carboxylic acids is 1. The number of nitrogens with two attached hydrogens (primary N) is 1. The second-order valence-electron chi connectivity index (χ2n) is 5.09. The van der Waals surface area contributed by atoms with Crippen LogP contribution in [0.5, 0.6) is 0 Å². The Morgan fingerprint density at radius 1 is 1.53 bits per heavy atom. The molecular weight excluding hydrogens is 242 g/mol. The van der Waals surface area contributed by atoms with Crippen molar-refractivity contribution in [1.82, 2.24) is 9.47 Å². The predicted molar refractivity (Wildman–Crippen MR) is 74.0 cm³/mol. The molecule has 0 bridgehead atoms. The van der Waals surface area contributed by atoms with Crippen LogP contribution in [0.25, 0.3) is 0 Å². The Morgan fingerprint density at radius 3 is 2.79 bits per heavy atom. The molecule has 1 fully saturated rings. The first-order chi connectivity index (χ1) is 9.13. The predicted octanol–water partition coefficient (Wildman–Crippen LogP) is 0.729. The fraction of sp³-hybridized carbons (Fsp3) is 0.571. The quantitative estimate of drug-likeness (QED) is 0.851. The van der Waals surface area contributed by atoms with Crippen LogP contribution in [0.3, 0.4) is 0 Å². The molecule has 5 nitrogen and oxygen atoms in total. The Bertz CT molecular complexity index is 506. The molecule has 0 atom stereocenters. The average Bonchev–Trinajstić information content (AvgIpc) is 2.34. The lowest BCUT2D eigenvalue weighted by atomic mass is 9.91. The number of amides is 1. The summed E-state index contributed by atoms with van der Waals surface area (Å²) in [6.45, 7) is 1.25. The second kappa shape index (κ2) is 6.02. The Hall–Kier alpha value is -1.62. The Kier molecular flexibility index (Phi) is 4.37. The van der Waals surface area contributed by atoms with Gasteiger partial charge in [-0.2, -0.15) is 0 Å². The van der Waals surface area contributed by atoms with Gasteiger partial charge in [0.2, 0.25) is 0 Å². The highest BCUT2D eigenvalue weighted by Crippen LogP contribution is 2.26. The van der Waals surface area contributed by atoms with Crippen LogP contribution in [-0.4, -0.2) is 34.5 Å². The maximum atomic E-state index is 12.5. The summed E-state index contributed by atoms with van der Waals surface area (Å²) < 4.78 is 1.46. The van der Waals surface area contributed by atoms with E-state index in [4.69, 9.17) is 5.73 Å². The first-order valence-electron chi connectivity index (χ1n) is 6.81. The van der Waals surface area contributed by atoms with Gasteiger partial charge < -0.3 is 15.2 Å². The molecule has 2 N–H and O–H groups in total. The van der Waals surface area contributed by atoms with Gasteiger partial charge >= 0.3 is 0 Å². The monoisotopic (exact) mass is 263 g/mol. The number of hydrogen-bond acceptors (Lipinski definition) is 3. The fourth-order valence-corrected chi connectivity index (χ4v) is 2.26. The molecule has 2 rings (SSSR count). The minimum absolute atomic E-state index is 0.0455. The highest BCUT2D eigenvalue weighted by atomic mass is 16.2. The molecule has 0 saturated heterocycles. The number of carbonyl (C=O) groups is 1. The zero-order valence-electron chi connectivity index (χ0n) is 11.3. The summed E-state index contributed by atoms with van der Waals surface area (Å²) in [5.74, 6) is -0.0455. The number of aryl methyl sites for hydroxylation is 1. The lowest BCUT2D eigenvalue weighted by Crippen LogP contribution is -2.45.